The van der Waals surface area contributed by atoms with Gasteiger partial charge in [-0.25, -0.2) is 4.39 Å². The molecular formula is C18H21FN2OS. The van der Waals surface area contributed by atoms with Gasteiger partial charge in [0.05, 0.1) is 0 Å². The lowest BCUT2D eigenvalue weighted by Gasteiger charge is -2.07. The fourth-order valence-electron chi connectivity index (χ4n) is 2.16. The van der Waals surface area contributed by atoms with Crippen LogP contribution in [0.1, 0.15) is 17.5 Å². The molecule has 3 N–H and O–H groups in total. The van der Waals surface area contributed by atoms with E-state index >= 15 is 0 Å². The molecule has 2 aromatic carbocycles. The van der Waals surface area contributed by atoms with Gasteiger partial charge in [0.15, 0.2) is 0 Å². The van der Waals surface area contributed by atoms with E-state index in [1.54, 1.807) is 23.9 Å². The van der Waals surface area contributed by atoms with Gasteiger partial charge in [0.25, 0.3) is 0 Å². The van der Waals surface area contributed by atoms with E-state index < -0.39 is 0 Å². The molecule has 0 aliphatic carbocycles. The van der Waals surface area contributed by atoms with Gasteiger partial charge in [-0.15, -0.1) is 0 Å². The predicted molar refractivity (Wildman–Crippen MR) is 94.7 cm³/mol. The number of hydrogen-bond acceptors (Lipinski definition) is 3. The minimum absolute atomic E-state index is 0.0137. The molecule has 3 nitrogen and oxygen atoms in total. The summed E-state index contributed by atoms with van der Waals surface area (Å²) >= 11 is 1.60. The third-order valence-corrected chi connectivity index (χ3v) is 4.47. The maximum absolute atomic E-state index is 13.4. The molecule has 0 saturated heterocycles. The zero-order valence-corrected chi connectivity index (χ0v) is 13.7. The number of amides is 1. The van der Waals surface area contributed by atoms with Gasteiger partial charge in [-0.2, -0.15) is 11.8 Å². The second-order valence-electron chi connectivity index (χ2n) is 5.19. The monoisotopic (exact) mass is 332 g/mol. The summed E-state index contributed by atoms with van der Waals surface area (Å²) in [6, 6.07) is 14.3. The van der Waals surface area contributed by atoms with Crippen molar-refractivity contribution < 1.29 is 9.18 Å². The number of para-hydroxylation sites is 1. The number of hydrogen-bond donors (Lipinski definition) is 2. The number of anilines is 1. The molecule has 1 amide bonds. The van der Waals surface area contributed by atoms with Crippen molar-refractivity contribution in [3.63, 3.8) is 0 Å². The van der Waals surface area contributed by atoms with E-state index in [0.29, 0.717) is 30.7 Å². The molecule has 0 fully saturated rings. The van der Waals surface area contributed by atoms with Crippen LogP contribution in [0, 0.1) is 5.82 Å². The van der Waals surface area contributed by atoms with Gasteiger partial charge >= 0.3 is 0 Å². The van der Waals surface area contributed by atoms with Crippen molar-refractivity contribution in [3.8, 4) is 0 Å². The summed E-state index contributed by atoms with van der Waals surface area (Å²) in [5.74, 6) is 1.21. The summed E-state index contributed by atoms with van der Waals surface area (Å²) in [4.78, 5) is 11.8. The summed E-state index contributed by atoms with van der Waals surface area (Å²) < 4.78 is 13.4. The molecule has 0 bridgehead atoms. The minimum atomic E-state index is -0.176. The molecule has 0 unspecified atom stereocenters. The summed E-state index contributed by atoms with van der Waals surface area (Å²) in [5.41, 5.74) is 8.27. The number of nitrogen functional groups attached to an aromatic ring is 1. The van der Waals surface area contributed by atoms with Crippen molar-refractivity contribution in [3.05, 3.63) is 65.5 Å². The van der Waals surface area contributed by atoms with Gasteiger partial charge in [-0.3, -0.25) is 4.79 Å². The summed E-state index contributed by atoms with van der Waals surface area (Å²) in [7, 11) is 0. The highest BCUT2D eigenvalue weighted by Gasteiger charge is 2.04. The van der Waals surface area contributed by atoms with Gasteiger partial charge < -0.3 is 11.1 Å². The number of thioether (sulfide) groups is 1. The van der Waals surface area contributed by atoms with Crippen LogP contribution in [0.2, 0.25) is 0 Å². The second kappa shape index (κ2) is 9.20. The highest BCUT2D eigenvalue weighted by atomic mass is 32.2. The maximum Gasteiger partial charge on any atom is 0.220 e. The first-order valence-electron chi connectivity index (χ1n) is 7.58. The van der Waals surface area contributed by atoms with E-state index in [2.05, 4.69) is 5.32 Å². The van der Waals surface area contributed by atoms with Crippen LogP contribution < -0.4 is 11.1 Å². The Bertz CT molecular complexity index is 648. The molecular weight excluding hydrogens is 311 g/mol. The molecule has 0 spiro atoms. The number of carbonyl (C=O) groups excluding carboxylic acids is 1. The van der Waals surface area contributed by atoms with Crippen molar-refractivity contribution in [2.75, 3.05) is 18.0 Å². The number of carbonyl (C=O) groups is 1. The fraction of sp³-hybridized carbons (Fsp3) is 0.278. The molecule has 0 aromatic heterocycles. The van der Waals surface area contributed by atoms with Gasteiger partial charge in [0, 0.05) is 30.2 Å². The Hall–Kier alpha value is -2.01. The molecule has 0 aliphatic heterocycles. The number of benzene rings is 2. The van der Waals surface area contributed by atoms with E-state index in [1.165, 1.54) is 6.07 Å². The number of rotatable bonds is 8. The summed E-state index contributed by atoms with van der Waals surface area (Å²) in [5, 5.41) is 2.88. The lowest BCUT2D eigenvalue weighted by atomic mass is 10.1. The molecule has 2 aromatic rings. The van der Waals surface area contributed by atoms with Crippen molar-refractivity contribution in [2.24, 2.45) is 0 Å². The van der Waals surface area contributed by atoms with Gasteiger partial charge in [0.1, 0.15) is 5.82 Å². The van der Waals surface area contributed by atoms with Crippen LogP contribution >= 0.6 is 11.8 Å². The average molecular weight is 332 g/mol. The molecule has 0 radical (unpaired) electrons. The molecule has 0 heterocycles. The molecule has 0 aliphatic rings. The van der Waals surface area contributed by atoms with Crippen LogP contribution in [0.25, 0.3) is 0 Å². The van der Waals surface area contributed by atoms with E-state index in [9.17, 15) is 9.18 Å². The second-order valence-corrected chi connectivity index (χ2v) is 6.30. The van der Waals surface area contributed by atoms with Gasteiger partial charge in [0.2, 0.25) is 5.91 Å². The van der Waals surface area contributed by atoms with Crippen molar-refractivity contribution in [2.45, 2.75) is 18.6 Å². The van der Waals surface area contributed by atoms with Gasteiger partial charge in [-0.1, -0.05) is 36.4 Å². The Morgan fingerprint density at radius 2 is 1.78 bits per heavy atom. The lowest BCUT2D eigenvalue weighted by molar-refractivity contribution is -0.120. The summed E-state index contributed by atoms with van der Waals surface area (Å²) in [6.07, 6.45) is 1.06. The van der Waals surface area contributed by atoms with E-state index in [4.69, 9.17) is 5.73 Å². The Labute approximate surface area is 140 Å². The smallest absolute Gasteiger partial charge is 0.220 e. The van der Waals surface area contributed by atoms with E-state index in [1.807, 2.05) is 30.3 Å². The molecule has 5 heteroatoms. The number of nitrogens with one attached hydrogen (secondary N) is 1. The molecule has 122 valence electrons. The Morgan fingerprint density at radius 3 is 2.52 bits per heavy atom. The molecule has 0 saturated carbocycles. The fourth-order valence-corrected chi connectivity index (χ4v) is 3.00. The van der Waals surface area contributed by atoms with Crippen LogP contribution in [0.4, 0.5) is 10.1 Å². The highest BCUT2D eigenvalue weighted by molar-refractivity contribution is 7.98. The zero-order valence-electron chi connectivity index (χ0n) is 12.9. The lowest BCUT2D eigenvalue weighted by Crippen LogP contribution is -2.26. The van der Waals surface area contributed by atoms with E-state index in [-0.39, 0.29) is 11.7 Å². The minimum Gasteiger partial charge on any atom is -0.399 e. The number of nitrogens with two attached hydrogens (primary N) is 1. The largest absolute Gasteiger partial charge is 0.399 e. The predicted octanol–water partition coefficient (Wildman–Crippen LogP) is 3.39. The first-order valence-corrected chi connectivity index (χ1v) is 8.73. The standard InChI is InChI=1S/C18H21FN2OS/c19-16-7-3-1-6-15(16)13-23-12-11-21-18(22)10-9-14-5-2-4-8-17(14)20/h1-8H,9-13,20H2,(H,21,22). The van der Waals surface area contributed by atoms with Crippen molar-refractivity contribution in [1.29, 1.82) is 0 Å². The maximum atomic E-state index is 13.4. The first kappa shape index (κ1) is 17.3. The number of aryl methyl sites for hydroxylation is 1. The van der Waals surface area contributed by atoms with Gasteiger partial charge in [-0.05, 0) is 29.7 Å². The van der Waals surface area contributed by atoms with Crippen LogP contribution in [0.15, 0.2) is 48.5 Å². The SMILES string of the molecule is Nc1ccccc1CCC(=O)NCCSCc1ccccc1F. The van der Waals surface area contributed by atoms with Crippen LogP contribution in [-0.4, -0.2) is 18.2 Å². The number of halogens is 1. The Balaban J connectivity index is 1.60. The zero-order chi connectivity index (χ0) is 16.5. The average Bonchev–Trinajstić information content (AvgIpc) is 2.55. The highest BCUT2D eigenvalue weighted by Crippen LogP contribution is 2.15. The Kier molecular flexibility index (Phi) is 6.94. The molecule has 2 rings (SSSR count). The molecule has 23 heavy (non-hydrogen) atoms. The van der Waals surface area contributed by atoms with Crippen molar-refractivity contribution >= 4 is 23.4 Å². The van der Waals surface area contributed by atoms with Crippen molar-refractivity contribution in [1.82, 2.24) is 5.32 Å². The quantitative estimate of drug-likeness (QED) is 0.575. The first-order chi connectivity index (χ1) is 11.2. The molecule has 0 atom stereocenters. The van der Waals surface area contributed by atoms with Crippen LogP contribution in [0.5, 0.6) is 0 Å². The summed E-state index contributed by atoms with van der Waals surface area (Å²) in [6.45, 7) is 0.586. The third kappa shape index (κ3) is 5.94. The van der Waals surface area contributed by atoms with Crippen LogP contribution in [0.3, 0.4) is 0 Å². The van der Waals surface area contributed by atoms with E-state index in [0.717, 1.165) is 17.0 Å². The Morgan fingerprint density at radius 1 is 1.09 bits per heavy atom. The third-order valence-electron chi connectivity index (χ3n) is 3.46. The topological polar surface area (TPSA) is 55.1 Å². The normalized spacial score (nSPS) is 10.5. The van der Waals surface area contributed by atoms with Crippen LogP contribution in [-0.2, 0) is 17.0 Å².